The van der Waals surface area contributed by atoms with Crippen LogP contribution in [0.1, 0.15) is 49.9 Å². The van der Waals surface area contributed by atoms with Gasteiger partial charge >= 0.3 is 0 Å². The van der Waals surface area contributed by atoms with Crippen LogP contribution in [-0.4, -0.2) is 28.9 Å². The maximum atomic E-state index is 12.7. The summed E-state index contributed by atoms with van der Waals surface area (Å²) in [5.41, 5.74) is 0.875. The van der Waals surface area contributed by atoms with Crippen LogP contribution in [0, 0.1) is 11.4 Å². The molecule has 0 aromatic carbocycles. The largest absolute Gasteiger partial charge is 0.339 e. The number of amides is 1. The number of carbonyl (C=O) groups is 1. The molecule has 2 rings (SSSR count). The van der Waals surface area contributed by atoms with E-state index in [0.29, 0.717) is 11.0 Å². The fraction of sp³-hybridized carbons (Fsp3) is 0.600. The molecule has 0 atom stereocenters. The second kappa shape index (κ2) is 5.68. The van der Waals surface area contributed by atoms with Crippen molar-refractivity contribution in [2.24, 2.45) is 5.41 Å². The summed E-state index contributed by atoms with van der Waals surface area (Å²) in [7, 11) is 0. The standard InChI is InChI=1S/C15H21FN2O/c1-3-15(4-2)7-9-18(10-8-15)14(19)12-5-6-13(16)17-11-12/h5-6,11H,3-4,7-10H2,1-2H3. The van der Waals surface area contributed by atoms with Gasteiger partial charge in [0.1, 0.15) is 0 Å². The van der Waals surface area contributed by atoms with Gasteiger partial charge in [-0.25, -0.2) is 4.98 Å². The zero-order valence-corrected chi connectivity index (χ0v) is 11.7. The van der Waals surface area contributed by atoms with Gasteiger partial charge in [0, 0.05) is 19.3 Å². The van der Waals surface area contributed by atoms with Gasteiger partial charge in [-0.05, 0) is 30.4 Å². The van der Waals surface area contributed by atoms with Crippen LogP contribution < -0.4 is 0 Å². The highest BCUT2D eigenvalue weighted by atomic mass is 19.1. The Morgan fingerprint density at radius 2 is 1.95 bits per heavy atom. The lowest BCUT2D eigenvalue weighted by Crippen LogP contribution is -2.42. The normalized spacial score (nSPS) is 18.4. The first-order valence-electron chi connectivity index (χ1n) is 7.01. The smallest absolute Gasteiger partial charge is 0.255 e. The van der Waals surface area contributed by atoms with Crippen molar-refractivity contribution in [3.05, 3.63) is 29.8 Å². The Hall–Kier alpha value is -1.45. The summed E-state index contributed by atoms with van der Waals surface area (Å²) in [6.45, 7) is 6.03. The average Bonchev–Trinajstić information content (AvgIpc) is 2.47. The highest BCUT2D eigenvalue weighted by Crippen LogP contribution is 2.38. The first-order chi connectivity index (χ1) is 9.10. The minimum atomic E-state index is -0.550. The molecule has 4 heteroatoms. The van der Waals surface area contributed by atoms with E-state index in [1.165, 1.54) is 31.2 Å². The van der Waals surface area contributed by atoms with Crippen molar-refractivity contribution in [2.75, 3.05) is 13.1 Å². The number of hydrogen-bond donors (Lipinski definition) is 0. The number of likely N-dealkylation sites (tertiary alicyclic amines) is 1. The van der Waals surface area contributed by atoms with Crippen LogP contribution in [0.25, 0.3) is 0 Å². The summed E-state index contributed by atoms with van der Waals surface area (Å²) < 4.78 is 12.7. The fourth-order valence-corrected chi connectivity index (χ4v) is 2.83. The van der Waals surface area contributed by atoms with Crippen molar-refractivity contribution in [1.82, 2.24) is 9.88 Å². The maximum absolute atomic E-state index is 12.7. The van der Waals surface area contributed by atoms with Crippen molar-refractivity contribution in [3.63, 3.8) is 0 Å². The first-order valence-corrected chi connectivity index (χ1v) is 7.01. The van der Waals surface area contributed by atoms with E-state index in [0.717, 1.165) is 25.9 Å². The highest BCUT2D eigenvalue weighted by Gasteiger charge is 2.33. The van der Waals surface area contributed by atoms with Gasteiger partial charge in [0.15, 0.2) is 0 Å². The molecule has 0 spiro atoms. The van der Waals surface area contributed by atoms with Crippen LogP contribution in [0.2, 0.25) is 0 Å². The molecule has 0 bridgehead atoms. The molecule has 1 aliphatic rings. The average molecular weight is 264 g/mol. The fourth-order valence-electron chi connectivity index (χ4n) is 2.83. The van der Waals surface area contributed by atoms with E-state index >= 15 is 0 Å². The number of aromatic nitrogens is 1. The monoisotopic (exact) mass is 264 g/mol. The Kier molecular flexibility index (Phi) is 4.17. The van der Waals surface area contributed by atoms with Gasteiger partial charge in [0.05, 0.1) is 5.56 Å². The zero-order chi connectivity index (χ0) is 13.9. The van der Waals surface area contributed by atoms with Crippen molar-refractivity contribution < 1.29 is 9.18 Å². The number of pyridine rings is 1. The minimum Gasteiger partial charge on any atom is -0.339 e. The molecule has 0 N–H and O–H groups in total. The summed E-state index contributed by atoms with van der Waals surface area (Å²) in [5.74, 6) is -0.584. The van der Waals surface area contributed by atoms with Gasteiger partial charge in [0.2, 0.25) is 5.95 Å². The summed E-state index contributed by atoms with van der Waals surface area (Å²) in [6, 6.07) is 2.74. The summed E-state index contributed by atoms with van der Waals surface area (Å²) in [6.07, 6.45) is 5.77. The predicted molar refractivity (Wildman–Crippen MR) is 72.3 cm³/mol. The van der Waals surface area contributed by atoms with Crippen molar-refractivity contribution in [2.45, 2.75) is 39.5 Å². The Morgan fingerprint density at radius 1 is 1.32 bits per heavy atom. The van der Waals surface area contributed by atoms with Gasteiger partial charge in [-0.1, -0.05) is 26.7 Å². The van der Waals surface area contributed by atoms with E-state index in [-0.39, 0.29) is 5.91 Å². The third-order valence-corrected chi connectivity index (χ3v) is 4.59. The molecule has 1 amide bonds. The van der Waals surface area contributed by atoms with Crippen LogP contribution in [0.15, 0.2) is 18.3 Å². The van der Waals surface area contributed by atoms with E-state index in [9.17, 15) is 9.18 Å². The van der Waals surface area contributed by atoms with E-state index in [4.69, 9.17) is 0 Å². The summed E-state index contributed by atoms with van der Waals surface area (Å²) in [4.78, 5) is 17.7. The topological polar surface area (TPSA) is 33.2 Å². The molecule has 1 aliphatic heterocycles. The second-order valence-corrected chi connectivity index (χ2v) is 5.37. The predicted octanol–water partition coefficient (Wildman–Crippen LogP) is 3.26. The van der Waals surface area contributed by atoms with E-state index in [1.54, 1.807) is 0 Å². The van der Waals surface area contributed by atoms with Crippen LogP contribution in [0.4, 0.5) is 4.39 Å². The van der Waals surface area contributed by atoms with Gasteiger partial charge in [-0.15, -0.1) is 0 Å². The van der Waals surface area contributed by atoms with Gasteiger partial charge in [-0.2, -0.15) is 4.39 Å². The molecule has 1 aromatic rings. The molecule has 0 unspecified atom stereocenters. The number of nitrogens with zero attached hydrogens (tertiary/aromatic N) is 2. The third kappa shape index (κ3) is 2.94. The highest BCUT2D eigenvalue weighted by molar-refractivity contribution is 5.93. The molecule has 0 aliphatic carbocycles. The lowest BCUT2D eigenvalue weighted by molar-refractivity contribution is 0.0557. The summed E-state index contributed by atoms with van der Waals surface area (Å²) in [5, 5.41) is 0. The zero-order valence-electron chi connectivity index (χ0n) is 11.7. The van der Waals surface area contributed by atoms with Crippen molar-refractivity contribution >= 4 is 5.91 Å². The summed E-state index contributed by atoms with van der Waals surface area (Å²) >= 11 is 0. The van der Waals surface area contributed by atoms with Crippen molar-refractivity contribution in [3.8, 4) is 0 Å². The molecule has 2 heterocycles. The lowest BCUT2D eigenvalue weighted by atomic mass is 9.74. The van der Waals surface area contributed by atoms with E-state index < -0.39 is 5.95 Å². The minimum absolute atomic E-state index is 0.0340. The quantitative estimate of drug-likeness (QED) is 0.785. The Morgan fingerprint density at radius 3 is 2.42 bits per heavy atom. The number of hydrogen-bond acceptors (Lipinski definition) is 2. The maximum Gasteiger partial charge on any atom is 0.255 e. The molecule has 1 saturated heterocycles. The SMILES string of the molecule is CCC1(CC)CCN(C(=O)c2ccc(F)nc2)CC1. The molecule has 104 valence electrons. The molecule has 0 saturated carbocycles. The Balaban J connectivity index is 2.01. The van der Waals surface area contributed by atoms with Crippen LogP contribution >= 0.6 is 0 Å². The molecular weight excluding hydrogens is 243 g/mol. The van der Waals surface area contributed by atoms with Gasteiger partial charge in [-0.3, -0.25) is 4.79 Å². The van der Waals surface area contributed by atoms with E-state index in [1.807, 2.05) is 4.90 Å². The van der Waals surface area contributed by atoms with E-state index in [2.05, 4.69) is 18.8 Å². The molecule has 3 nitrogen and oxygen atoms in total. The molecule has 19 heavy (non-hydrogen) atoms. The lowest BCUT2D eigenvalue weighted by Gasteiger charge is -2.41. The van der Waals surface area contributed by atoms with Crippen LogP contribution in [-0.2, 0) is 0 Å². The second-order valence-electron chi connectivity index (χ2n) is 5.37. The number of rotatable bonds is 3. The number of carbonyl (C=O) groups excluding carboxylic acids is 1. The third-order valence-electron chi connectivity index (χ3n) is 4.59. The molecule has 1 fully saturated rings. The molecule has 0 radical (unpaired) electrons. The van der Waals surface area contributed by atoms with Crippen molar-refractivity contribution in [1.29, 1.82) is 0 Å². The van der Waals surface area contributed by atoms with Gasteiger partial charge in [0.25, 0.3) is 5.91 Å². The number of halogens is 1. The van der Waals surface area contributed by atoms with Crippen LogP contribution in [0.5, 0.6) is 0 Å². The van der Waals surface area contributed by atoms with Gasteiger partial charge < -0.3 is 4.90 Å². The molecular formula is C15H21FN2O. The molecule has 1 aromatic heterocycles. The van der Waals surface area contributed by atoms with Crippen LogP contribution in [0.3, 0.4) is 0 Å². The Bertz CT molecular complexity index is 430. The first kappa shape index (κ1) is 14.0. The number of piperidine rings is 1. The Labute approximate surface area is 113 Å².